The average Bonchev–Trinajstić information content (AvgIpc) is 2.19. The van der Waals surface area contributed by atoms with Crippen LogP contribution in [0.4, 0.5) is 10.5 Å². The van der Waals surface area contributed by atoms with Crippen LogP contribution >= 0.6 is 15.9 Å². The molecule has 2 N–H and O–H groups in total. The number of anilines is 1. The molecule has 0 atom stereocenters. The Kier molecular flexibility index (Phi) is 3.79. The maximum atomic E-state index is 11.5. The molecule has 1 heterocycles. The molecular formula is C11H13BrN2O2. The maximum absolute atomic E-state index is 11.5. The van der Waals surface area contributed by atoms with E-state index in [1.54, 1.807) is 0 Å². The lowest BCUT2D eigenvalue weighted by Gasteiger charge is -2.25. The first-order chi connectivity index (χ1) is 7.75. The molecule has 1 aromatic rings. The highest BCUT2D eigenvalue weighted by Gasteiger charge is 2.18. The van der Waals surface area contributed by atoms with Gasteiger partial charge >= 0.3 is 6.03 Å². The van der Waals surface area contributed by atoms with E-state index in [1.807, 2.05) is 24.3 Å². The van der Waals surface area contributed by atoms with Crippen LogP contribution in [0.15, 0.2) is 28.7 Å². The zero-order chi connectivity index (χ0) is 11.4. The lowest BCUT2D eigenvalue weighted by molar-refractivity contribution is -0.0292. The van der Waals surface area contributed by atoms with Gasteiger partial charge < -0.3 is 15.4 Å². The molecule has 0 unspecified atom stereocenters. The standard InChI is InChI=1S/C11H13BrN2O2/c12-9-3-1-2-4-10(9)14-11(15)13-5-8-6-16-7-8/h1-4,8H,5-7H2,(H2,13,14,15). The Hall–Kier alpha value is -1.07. The molecule has 2 rings (SSSR count). The van der Waals surface area contributed by atoms with E-state index in [0.29, 0.717) is 12.5 Å². The third kappa shape index (κ3) is 2.96. The van der Waals surface area contributed by atoms with Crippen molar-refractivity contribution in [2.75, 3.05) is 25.1 Å². The SMILES string of the molecule is O=C(NCC1COC1)Nc1ccccc1Br. The molecule has 0 radical (unpaired) electrons. The van der Waals surface area contributed by atoms with Gasteiger partial charge in [0, 0.05) is 16.9 Å². The number of amides is 2. The fourth-order valence-corrected chi connectivity index (χ4v) is 1.75. The van der Waals surface area contributed by atoms with Crippen LogP contribution in [0.25, 0.3) is 0 Å². The number of carbonyl (C=O) groups excluding carboxylic acids is 1. The van der Waals surface area contributed by atoms with E-state index in [1.165, 1.54) is 0 Å². The van der Waals surface area contributed by atoms with Gasteiger partial charge in [-0.05, 0) is 28.1 Å². The number of carbonyl (C=O) groups is 1. The van der Waals surface area contributed by atoms with E-state index in [4.69, 9.17) is 4.74 Å². The number of ether oxygens (including phenoxy) is 1. The molecule has 1 aliphatic rings. The monoisotopic (exact) mass is 284 g/mol. The van der Waals surface area contributed by atoms with Crippen molar-refractivity contribution in [2.45, 2.75) is 0 Å². The molecule has 1 aromatic carbocycles. The summed E-state index contributed by atoms with van der Waals surface area (Å²) >= 11 is 3.37. The summed E-state index contributed by atoms with van der Waals surface area (Å²) in [4.78, 5) is 11.5. The summed E-state index contributed by atoms with van der Waals surface area (Å²) < 4.78 is 5.90. The van der Waals surface area contributed by atoms with E-state index in [2.05, 4.69) is 26.6 Å². The van der Waals surface area contributed by atoms with Crippen molar-refractivity contribution in [3.8, 4) is 0 Å². The maximum Gasteiger partial charge on any atom is 0.319 e. The first-order valence-corrected chi connectivity index (χ1v) is 5.92. The largest absolute Gasteiger partial charge is 0.381 e. The van der Waals surface area contributed by atoms with Gasteiger partial charge in [0.15, 0.2) is 0 Å². The molecule has 1 saturated heterocycles. The lowest BCUT2D eigenvalue weighted by Crippen LogP contribution is -2.40. The first-order valence-electron chi connectivity index (χ1n) is 5.13. The molecular weight excluding hydrogens is 272 g/mol. The third-order valence-electron chi connectivity index (χ3n) is 2.38. The normalized spacial score (nSPS) is 15.3. The summed E-state index contributed by atoms with van der Waals surface area (Å²) in [5, 5.41) is 5.59. The number of para-hydroxylation sites is 1. The van der Waals surface area contributed by atoms with Gasteiger partial charge in [-0.1, -0.05) is 12.1 Å². The van der Waals surface area contributed by atoms with Crippen molar-refractivity contribution in [3.05, 3.63) is 28.7 Å². The van der Waals surface area contributed by atoms with Crippen LogP contribution in [0.2, 0.25) is 0 Å². The summed E-state index contributed by atoms with van der Waals surface area (Å²) in [5.41, 5.74) is 0.768. The van der Waals surface area contributed by atoms with Gasteiger partial charge in [0.25, 0.3) is 0 Å². The molecule has 0 spiro atoms. The fraction of sp³-hybridized carbons (Fsp3) is 0.364. The van der Waals surface area contributed by atoms with Crippen LogP contribution in [0.3, 0.4) is 0 Å². The van der Waals surface area contributed by atoms with E-state index < -0.39 is 0 Å². The van der Waals surface area contributed by atoms with Gasteiger partial charge in [0.1, 0.15) is 0 Å². The summed E-state index contributed by atoms with van der Waals surface area (Å²) in [7, 11) is 0. The van der Waals surface area contributed by atoms with E-state index in [9.17, 15) is 4.79 Å². The van der Waals surface area contributed by atoms with E-state index >= 15 is 0 Å². The zero-order valence-corrected chi connectivity index (χ0v) is 10.3. The number of urea groups is 1. The van der Waals surface area contributed by atoms with Gasteiger partial charge in [-0.2, -0.15) is 0 Å². The Labute approximate surface area is 102 Å². The molecule has 0 aliphatic carbocycles. The lowest BCUT2D eigenvalue weighted by atomic mass is 10.1. The van der Waals surface area contributed by atoms with E-state index in [0.717, 1.165) is 23.4 Å². The minimum Gasteiger partial charge on any atom is -0.381 e. The number of halogens is 1. The predicted octanol–water partition coefficient (Wildman–Crippen LogP) is 2.22. The Bertz CT molecular complexity index is 380. The van der Waals surface area contributed by atoms with E-state index in [-0.39, 0.29) is 6.03 Å². The quantitative estimate of drug-likeness (QED) is 0.894. The van der Waals surface area contributed by atoms with Crippen molar-refractivity contribution in [2.24, 2.45) is 5.92 Å². The predicted molar refractivity (Wildman–Crippen MR) is 65.5 cm³/mol. The second-order valence-corrected chi connectivity index (χ2v) is 4.57. The minimum absolute atomic E-state index is 0.182. The van der Waals surface area contributed by atoms with Crippen LogP contribution in [-0.4, -0.2) is 25.8 Å². The topological polar surface area (TPSA) is 50.4 Å². The van der Waals surface area contributed by atoms with Crippen molar-refractivity contribution in [3.63, 3.8) is 0 Å². The second-order valence-electron chi connectivity index (χ2n) is 3.72. The van der Waals surface area contributed by atoms with Gasteiger partial charge in [0.05, 0.1) is 18.9 Å². The number of rotatable bonds is 3. The smallest absolute Gasteiger partial charge is 0.319 e. The Morgan fingerprint density at radius 2 is 2.19 bits per heavy atom. The summed E-state index contributed by atoms with van der Waals surface area (Å²) in [6.45, 7) is 2.15. The van der Waals surface area contributed by atoms with Crippen molar-refractivity contribution >= 4 is 27.6 Å². The summed E-state index contributed by atoms with van der Waals surface area (Å²) in [5.74, 6) is 0.463. The van der Waals surface area contributed by atoms with Crippen LogP contribution < -0.4 is 10.6 Å². The zero-order valence-electron chi connectivity index (χ0n) is 8.70. The second kappa shape index (κ2) is 5.32. The highest BCUT2D eigenvalue weighted by atomic mass is 79.9. The Balaban J connectivity index is 1.80. The van der Waals surface area contributed by atoms with Crippen molar-refractivity contribution in [1.82, 2.24) is 5.32 Å². The van der Waals surface area contributed by atoms with Crippen LogP contribution in [0.5, 0.6) is 0 Å². The molecule has 2 amide bonds. The average molecular weight is 285 g/mol. The van der Waals surface area contributed by atoms with Gasteiger partial charge in [-0.3, -0.25) is 0 Å². The molecule has 1 fully saturated rings. The van der Waals surface area contributed by atoms with Crippen LogP contribution in [0, 0.1) is 5.92 Å². The molecule has 4 nitrogen and oxygen atoms in total. The number of nitrogens with one attached hydrogen (secondary N) is 2. The number of hydrogen-bond donors (Lipinski definition) is 2. The highest BCUT2D eigenvalue weighted by molar-refractivity contribution is 9.10. The van der Waals surface area contributed by atoms with Gasteiger partial charge in [-0.25, -0.2) is 4.79 Å². The van der Waals surface area contributed by atoms with Crippen LogP contribution in [0.1, 0.15) is 0 Å². The van der Waals surface area contributed by atoms with Gasteiger partial charge in [0.2, 0.25) is 0 Å². The number of hydrogen-bond acceptors (Lipinski definition) is 2. The molecule has 0 aromatic heterocycles. The first kappa shape index (κ1) is 11.4. The molecule has 16 heavy (non-hydrogen) atoms. The summed E-state index contributed by atoms with van der Waals surface area (Å²) in [6.07, 6.45) is 0. The Morgan fingerprint density at radius 1 is 1.44 bits per heavy atom. The van der Waals surface area contributed by atoms with Crippen LogP contribution in [-0.2, 0) is 4.74 Å². The summed E-state index contributed by atoms with van der Waals surface area (Å²) in [6, 6.07) is 7.32. The van der Waals surface area contributed by atoms with Crippen molar-refractivity contribution < 1.29 is 9.53 Å². The fourth-order valence-electron chi connectivity index (χ4n) is 1.37. The molecule has 0 saturated carbocycles. The minimum atomic E-state index is -0.182. The molecule has 5 heteroatoms. The number of benzene rings is 1. The molecule has 86 valence electrons. The molecule has 0 bridgehead atoms. The molecule has 1 aliphatic heterocycles. The highest BCUT2D eigenvalue weighted by Crippen LogP contribution is 2.20. The third-order valence-corrected chi connectivity index (χ3v) is 3.07. The Morgan fingerprint density at radius 3 is 2.81 bits per heavy atom. The van der Waals surface area contributed by atoms with Crippen molar-refractivity contribution in [1.29, 1.82) is 0 Å². The van der Waals surface area contributed by atoms with Gasteiger partial charge in [-0.15, -0.1) is 0 Å².